The van der Waals surface area contributed by atoms with Crippen LogP contribution in [0.2, 0.25) is 0 Å². The van der Waals surface area contributed by atoms with Gasteiger partial charge in [0.15, 0.2) is 0 Å². The highest BCUT2D eigenvalue weighted by molar-refractivity contribution is 5.30. The molecule has 0 aliphatic heterocycles. The van der Waals surface area contributed by atoms with Crippen LogP contribution in [0, 0.1) is 0 Å². The molecular formula is C11H18N2O. The van der Waals surface area contributed by atoms with Crippen LogP contribution in [-0.2, 0) is 0 Å². The molecule has 0 saturated heterocycles. The van der Waals surface area contributed by atoms with E-state index in [0.29, 0.717) is 12.6 Å². The summed E-state index contributed by atoms with van der Waals surface area (Å²) in [4.78, 5) is 0. The largest absolute Gasteiger partial charge is 0.497 e. The van der Waals surface area contributed by atoms with Gasteiger partial charge in [-0.1, -0.05) is 12.1 Å². The Morgan fingerprint density at radius 1 is 1.50 bits per heavy atom. The fraction of sp³-hybridized carbons (Fsp3) is 0.455. The Balaban J connectivity index is 2.64. The predicted molar refractivity (Wildman–Crippen MR) is 58.5 cm³/mol. The van der Waals surface area contributed by atoms with Crippen LogP contribution in [0.15, 0.2) is 24.3 Å². The molecular weight excluding hydrogens is 176 g/mol. The van der Waals surface area contributed by atoms with Crippen LogP contribution < -0.4 is 15.8 Å². The van der Waals surface area contributed by atoms with Gasteiger partial charge in [-0.25, -0.2) is 0 Å². The lowest BCUT2D eigenvalue weighted by Crippen LogP contribution is -2.25. The molecule has 1 rings (SSSR count). The maximum Gasteiger partial charge on any atom is 0.119 e. The molecule has 3 heteroatoms. The lowest BCUT2D eigenvalue weighted by Gasteiger charge is -2.14. The van der Waals surface area contributed by atoms with E-state index in [9.17, 15) is 0 Å². The highest BCUT2D eigenvalue weighted by Crippen LogP contribution is 2.18. The van der Waals surface area contributed by atoms with Crippen molar-refractivity contribution in [2.75, 3.05) is 20.2 Å². The van der Waals surface area contributed by atoms with Crippen molar-refractivity contribution < 1.29 is 4.74 Å². The molecule has 0 aliphatic carbocycles. The van der Waals surface area contributed by atoms with Crippen LogP contribution in [0.1, 0.15) is 18.5 Å². The van der Waals surface area contributed by atoms with Crippen molar-refractivity contribution >= 4 is 0 Å². The Morgan fingerprint density at radius 3 is 2.93 bits per heavy atom. The van der Waals surface area contributed by atoms with Crippen molar-refractivity contribution in [2.45, 2.75) is 13.0 Å². The summed E-state index contributed by atoms with van der Waals surface area (Å²) in [5, 5.41) is 3.32. The molecule has 0 radical (unpaired) electrons. The number of ether oxygens (including phenoxy) is 1. The number of methoxy groups -OCH3 is 1. The van der Waals surface area contributed by atoms with Gasteiger partial charge in [-0.05, 0) is 24.6 Å². The van der Waals surface area contributed by atoms with E-state index in [1.807, 2.05) is 18.2 Å². The fourth-order valence-electron chi connectivity index (χ4n) is 1.33. The maximum absolute atomic E-state index is 5.42. The van der Waals surface area contributed by atoms with Gasteiger partial charge < -0.3 is 15.8 Å². The zero-order valence-electron chi connectivity index (χ0n) is 8.79. The molecule has 0 spiro atoms. The van der Waals surface area contributed by atoms with Crippen LogP contribution >= 0.6 is 0 Å². The lowest BCUT2D eigenvalue weighted by atomic mass is 10.1. The second-order valence-corrected chi connectivity index (χ2v) is 3.24. The Bertz CT molecular complexity index is 276. The Kier molecular flexibility index (Phi) is 4.43. The number of hydrogen-bond acceptors (Lipinski definition) is 3. The molecule has 78 valence electrons. The van der Waals surface area contributed by atoms with E-state index in [1.165, 1.54) is 5.56 Å². The second kappa shape index (κ2) is 5.62. The standard InChI is InChI=1S/C11H18N2O/c1-9(13-7-6-12)10-4-3-5-11(8-10)14-2/h3-5,8-9,13H,6-7,12H2,1-2H3. The summed E-state index contributed by atoms with van der Waals surface area (Å²) < 4.78 is 5.16. The van der Waals surface area contributed by atoms with Crippen molar-refractivity contribution in [3.05, 3.63) is 29.8 Å². The van der Waals surface area contributed by atoms with E-state index >= 15 is 0 Å². The third-order valence-electron chi connectivity index (χ3n) is 2.19. The highest BCUT2D eigenvalue weighted by atomic mass is 16.5. The van der Waals surface area contributed by atoms with E-state index in [1.54, 1.807) is 7.11 Å². The summed E-state index contributed by atoms with van der Waals surface area (Å²) in [5.74, 6) is 0.892. The number of nitrogens with one attached hydrogen (secondary N) is 1. The van der Waals surface area contributed by atoms with Crippen molar-refractivity contribution in [3.63, 3.8) is 0 Å². The summed E-state index contributed by atoms with van der Waals surface area (Å²) in [6.07, 6.45) is 0. The summed E-state index contributed by atoms with van der Waals surface area (Å²) >= 11 is 0. The zero-order chi connectivity index (χ0) is 10.4. The van der Waals surface area contributed by atoms with Crippen molar-refractivity contribution in [1.82, 2.24) is 5.32 Å². The van der Waals surface area contributed by atoms with E-state index in [2.05, 4.69) is 18.3 Å². The minimum Gasteiger partial charge on any atom is -0.497 e. The molecule has 3 nitrogen and oxygen atoms in total. The average molecular weight is 194 g/mol. The monoisotopic (exact) mass is 194 g/mol. The van der Waals surface area contributed by atoms with Gasteiger partial charge in [0.1, 0.15) is 5.75 Å². The van der Waals surface area contributed by atoms with Crippen LogP contribution in [-0.4, -0.2) is 20.2 Å². The van der Waals surface area contributed by atoms with Crippen LogP contribution in [0.5, 0.6) is 5.75 Å². The molecule has 0 saturated carbocycles. The first-order chi connectivity index (χ1) is 6.77. The summed E-state index contributed by atoms with van der Waals surface area (Å²) in [7, 11) is 1.68. The van der Waals surface area contributed by atoms with Crippen LogP contribution in [0.25, 0.3) is 0 Å². The molecule has 0 heterocycles. The van der Waals surface area contributed by atoms with E-state index in [0.717, 1.165) is 12.3 Å². The quantitative estimate of drug-likeness (QED) is 0.743. The van der Waals surface area contributed by atoms with E-state index in [-0.39, 0.29) is 0 Å². The van der Waals surface area contributed by atoms with Crippen molar-refractivity contribution in [2.24, 2.45) is 5.73 Å². The van der Waals surface area contributed by atoms with Crippen LogP contribution in [0.4, 0.5) is 0 Å². The maximum atomic E-state index is 5.42. The molecule has 1 aromatic carbocycles. The van der Waals surface area contributed by atoms with Gasteiger partial charge in [-0.3, -0.25) is 0 Å². The summed E-state index contributed by atoms with van der Waals surface area (Å²) in [5.41, 5.74) is 6.64. The van der Waals surface area contributed by atoms with Gasteiger partial charge in [0.2, 0.25) is 0 Å². The molecule has 0 bridgehead atoms. The first-order valence-corrected chi connectivity index (χ1v) is 4.85. The molecule has 0 aromatic heterocycles. The fourth-order valence-corrected chi connectivity index (χ4v) is 1.33. The molecule has 14 heavy (non-hydrogen) atoms. The van der Waals surface area contributed by atoms with Gasteiger partial charge >= 0.3 is 0 Å². The van der Waals surface area contributed by atoms with Crippen molar-refractivity contribution in [3.8, 4) is 5.75 Å². The van der Waals surface area contributed by atoms with E-state index < -0.39 is 0 Å². The van der Waals surface area contributed by atoms with Gasteiger partial charge in [-0.2, -0.15) is 0 Å². The number of benzene rings is 1. The molecule has 1 aromatic rings. The van der Waals surface area contributed by atoms with Gasteiger partial charge in [0.25, 0.3) is 0 Å². The number of hydrogen-bond donors (Lipinski definition) is 2. The lowest BCUT2D eigenvalue weighted by molar-refractivity contribution is 0.413. The molecule has 0 fully saturated rings. The zero-order valence-corrected chi connectivity index (χ0v) is 8.79. The summed E-state index contributed by atoms with van der Waals surface area (Å²) in [6, 6.07) is 8.37. The first kappa shape index (κ1) is 11.0. The van der Waals surface area contributed by atoms with Gasteiger partial charge in [0.05, 0.1) is 7.11 Å². The number of rotatable bonds is 5. The molecule has 1 unspecified atom stereocenters. The minimum absolute atomic E-state index is 0.314. The SMILES string of the molecule is COc1cccc(C(C)NCCN)c1. The normalized spacial score (nSPS) is 12.5. The smallest absolute Gasteiger partial charge is 0.119 e. The predicted octanol–water partition coefficient (Wildman–Crippen LogP) is 1.30. The Labute approximate surface area is 85.3 Å². The second-order valence-electron chi connectivity index (χ2n) is 3.24. The van der Waals surface area contributed by atoms with Gasteiger partial charge in [-0.15, -0.1) is 0 Å². The Morgan fingerprint density at radius 2 is 2.29 bits per heavy atom. The minimum atomic E-state index is 0.314. The number of nitrogens with two attached hydrogens (primary N) is 1. The van der Waals surface area contributed by atoms with E-state index in [4.69, 9.17) is 10.5 Å². The Hall–Kier alpha value is -1.06. The third kappa shape index (κ3) is 3.01. The summed E-state index contributed by atoms with van der Waals surface area (Å²) in [6.45, 7) is 3.61. The highest BCUT2D eigenvalue weighted by Gasteiger charge is 2.04. The topological polar surface area (TPSA) is 47.3 Å². The van der Waals surface area contributed by atoms with Gasteiger partial charge in [0, 0.05) is 19.1 Å². The molecule has 0 aliphatic rings. The molecule has 1 atom stereocenters. The molecule has 3 N–H and O–H groups in total. The van der Waals surface area contributed by atoms with Crippen molar-refractivity contribution in [1.29, 1.82) is 0 Å². The van der Waals surface area contributed by atoms with Crippen LogP contribution in [0.3, 0.4) is 0 Å². The molecule has 0 amide bonds. The third-order valence-corrected chi connectivity index (χ3v) is 2.19. The first-order valence-electron chi connectivity index (χ1n) is 4.85. The average Bonchev–Trinajstić information content (AvgIpc) is 2.26.